The van der Waals surface area contributed by atoms with Crippen molar-refractivity contribution in [1.29, 1.82) is 0 Å². The van der Waals surface area contributed by atoms with E-state index in [-0.39, 0.29) is 5.91 Å². The molecule has 1 amide bonds. The number of hydrogen-bond acceptors (Lipinski definition) is 3. The SMILES string of the molecule is O=C(NCc1ccccc1)c1cnccn1. The van der Waals surface area contributed by atoms with Gasteiger partial charge in [0.15, 0.2) is 0 Å². The molecule has 0 fully saturated rings. The van der Waals surface area contributed by atoms with Gasteiger partial charge < -0.3 is 5.32 Å². The summed E-state index contributed by atoms with van der Waals surface area (Å²) in [5.41, 5.74) is 1.39. The minimum Gasteiger partial charge on any atom is -0.347 e. The lowest BCUT2D eigenvalue weighted by Gasteiger charge is -2.03. The number of carbonyl (C=O) groups excluding carboxylic acids is 1. The molecule has 0 saturated carbocycles. The fourth-order valence-electron chi connectivity index (χ4n) is 1.29. The fraction of sp³-hybridized carbons (Fsp3) is 0.0833. The van der Waals surface area contributed by atoms with Crippen LogP contribution in [0.2, 0.25) is 0 Å². The summed E-state index contributed by atoms with van der Waals surface area (Å²) in [6, 6.07) is 9.72. The Morgan fingerprint density at radius 3 is 2.69 bits per heavy atom. The second-order valence-electron chi connectivity index (χ2n) is 3.26. The van der Waals surface area contributed by atoms with Crippen LogP contribution in [0.15, 0.2) is 48.9 Å². The van der Waals surface area contributed by atoms with Crippen molar-refractivity contribution in [2.75, 3.05) is 0 Å². The first kappa shape index (κ1) is 10.3. The molecule has 0 atom stereocenters. The summed E-state index contributed by atoms with van der Waals surface area (Å²) in [7, 11) is 0. The molecule has 1 N–H and O–H groups in total. The third-order valence-corrected chi connectivity index (χ3v) is 2.09. The molecule has 2 rings (SSSR count). The number of carbonyl (C=O) groups is 1. The van der Waals surface area contributed by atoms with Crippen molar-refractivity contribution in [3.8, 4) is 0 Å². The van der Waals surface area contributed by atoms with Gasteiger partial charge >= 0.3 is 0 Å². The molecule has 80 valence electrons. The lowest BCUT2D eigenvalue weighted by Crippen LogP contribution is -2.23. The molecule has 0 aliphatic heterocycles. The molecule has 1 aromatic heterocycles. The van der Waals surface area contributed by atoms with E-state index in [1.165, 1.54) is 18.6 Å². The van der Waals surface area contributed by atoms with E-state index in [9.17, 15) is 4.79 Å². The summed E-state index contributed by atoms with van der Waals surface area (Å²) >= 11 is 0. The maximum absolute atomic E-state index is 11.6. The fourth-order valence-corrected chi connectivity index (χ4v) is 1.29. The van der Waals surface area contributed by atoms with E-state index in [2.05, 4.69) is 15.3 Å². The van der Waals surface area contributed by atoms with Crippen LogP contribution in [0.1, 0.15) is 16.1 Å². The molecule has 0 unspecified atom stereocenters. The normalized spacial score (nSPS) is 9.75. The van der Waals surface area contributed by atoms with Gasteiger partial charge in [-0.25, -0.2) is 4.98 Å². The van der Waals surface area contributed by atoms with Gasteiger partial charge in [-0.15, -0.1) is 0 Å². The number of hydrogen-bond donors (Lipinski definition) is 1. The zero-order valence-electron chi connectivity index (χ0n) is 8.63. The summed E-state index contributed by atoms with van der Waals surface area (Å²) in [5.74, 6) is -0.211. The van der Waals surface area contributed by atoms with E-state index >= 15 is 0 Å². The monoisotopic (exact) mass is 213 g/mol. The second-order valence-corrected chi connectivity index (χ2v) is 3.26. The van der Waals surface area contributed by atoms with Gasteiger partial charge in [0.05, 0.1) is 6.20 Å². The minimum atomic E-state index is -0.211. The Balaban J connectivity index is 1.95. The Kier molecular flexibility index (Phi) is 3.23. The van der Waals surface area contributed by atoms with Gasteiger partial charge in [0.25, 0.3) is 5.91 Å². The molecule has 0 aliphatic rings. The number of benzene rings is 1. The summed E-state index contributed by atoms with van der Waals surface area (Å²) in [5, 5.41) is 2.77. The first-order chi connectivity index (χ1) is 7.86. The molecule has 0 bridgehead atoms. The molecular formula is C12H11N3O. The lowest BCUT2D eigenvalue weighted by molar-refractivity contribution is 0.0945. The zero-order valence-corrected chi connectivity index (χ0v) is 8.63. The standard InChI is InChI=1S/C12H11N3O/c16-12(11-9-13-6-7-14-11)15-8-10-4-2-1-3-5-10/h1-7,9H,8H2,(H,15,16). The molecule has 4 heteroatoms. The number of rotatable bonds is 3. The summed E-state index contributed by atoms with van der Waals surface area (Å²) in [6.07, 6.45) is 4.48. The van der Waals surface area contributed by atoms with Crippen molar-refractivity contribution >= 4 is 5.91 Å². The van der Waals surface area contributed by atoms with Crippen molar-refractivity contribution in [3.05, 3.63) is 60.2 Å². The largest absolute Gasteiger partial charge is 0.347 e. The van der Waals surface area contributed by atoms with Crippen LogP contribution in [-0.4, -0.2) is 15.9 Å². The maximum atomic E-state index is 11.6. The van der Waals surface area contributed by atoms with E-state index in [0.717, 1.165) is 5.56 Å². The molecule has 4 nitrogen and oxygen atoms in total. The highest BCUT2D eigenvalue weighted by molar-refractivity contribution is 5.91. The van der Waals surface area contributed by atoms with Crippen LogP contribution in [0.5, 0.6) is 0 Å². The van der Waals surface area contributed by atoms with Gasteiger partial charge in [0.1, 0.15) is 5.69 Å². The predicted molar refractivity (Wildman–Crippen MR) is 59.6 cm³/mol. The van der Waals surface area contributed by atoms with E-state index in [0.29, 0.717) is 12.2 Å². The first-order valence-electron chi connectivity index (χ1n) is 4.94. The molecular weight excluding hydrogens is 202 g/mol. The summed E-state index contributed by atoms with van der Waals surface area (Å²) in [4.78, 5) is 19.4. The molecule has 0 spiro atoms. The zero-order chi connectivity index (χ0) is 11.2. The van der Waals surface area contributed by atoms with Gasteiger partial charge in [0.2, 0.25) is 0 Å². The number of amides is 1. The van der Waals surface area contributed by atoms with Crippen molar-refractivity contribution < 1.29 is 4.79 Å². The van der Waals surface area contributed by atoms with Crippen LogP contribution >= 0.6 is 0 Å². The summed E-state index contributed by atoms with van der Waals surface area (Å²) < 4.78 is 0. The third-order valence-electron chi connectivity index (χ3n) is 2.09. The maximum Gasteiger partial charge on any atom is 0.271 e. The first-order valence-corrected chi connectivity index (χ1v) is 4.94. The highest BCUT2D eigenvalue weighted by Gasteiger charge is 2.05. The van der Waals surface area contributed by atoms with Crippen LogP contribution in [0, 0.1) is 0 Å². The molecule has 0 saturated heterocycles. The quantitative estimate of drug-likeness (QED) is 0.838. The topological polar surface area (TPSA) is 54.9 Å². The Bertz CT molecular complexity index is 456. The number of nitrogens with one attached hydrogen (secondary N) is 1. The van der Waals surface area contributed by atoms with Gasteiger partial charge in [-0.3, -0.25) is 9.78 Å². The van der Waals surface area contributed by atoms with Gasteiger partial charge in [-0.05, 0) is 5.56 Å². The lowest BCUT2D eigenvalue weighted by atomic mass is 10.2. The van der Waals surface area contributed by atoms with Crippen LogP contribution in [0.3, 0.4) is 0 Å². The third kappa shape index (κ3) is 2.63. The Morgan fingerprint density at radius 2 is 2.00 bits per heavy atom. The van der Waals surface area contributed by atoms with E-state index in [1.54, 1.807) is 0 Å². The smallest absolute Gasteiger partial charge is 0.271 e. The Morgan fingerprint density at radius 1 is 1.19 bits per heavy atom. The molecule has 1 aromatic carbocycles. The predicted octanol–water partition coefficient (Wildman–Crippen LogP) is 1.41. The minimum absolute atomic E-state index is 0.211. The van der Waals surface area contributed by atoms with E-state index in [1.807, 2.05) is 30.3 Å². The average Bonchev–Trinajstić information content (AvgIpc) is 2.38. The molecule has 1 heterocycles. The molecule has 0 radical (unpaired) electrons. The average molecular weight is 213 g/mol. The van der Waals surface area contributed by atoms with E-state index in [4.69, 9.17) is 0 Å². The van der Waals surface area contributed by atoms with E-state index < -0.39 is 0 Å². The van der Waals surface area contributed by atoms with Gasteiger partial charge in [0, 0.05) is 18.9 Å². The number of aromatic nitrogens is 2. The molecule has 16 heavy (non-hydrogen) atoms. The van der Waals surface area contributed by atoms with Crippen LogP contribution in [-0.2, 0) is 6.54 Å². The Hall–Kier alpha value is -2.23. The van der Waals surface area contributed by atoms with Crippen molar-refractivity contribution in [2.24, 2.45) is 0 Å². The summed E-state index contributed by atoms with van der Waals surface area (Å²) in [6.45, 7) is 0.496. The van der Waals surface area contributed by atoms with Crippen molar-refractivity contribution in [2.45, 2.75) is 6.54 Å². The van der Waals surface area contributed by atoms with Crippen molar-refractivity contribution in [3.63, 3.8) is 0 Å². The van der Waals surface area contributed by atoms with Crippen LogP contribution in [0.25, 0.3) is 0 Å². The Labute approximate surface area is 93.4 Å². The molecule has 0 aliphatic carbocycles. The molecule has 2 aromatic rings. The van der Waals surface area contributed by atoms with Crippen LogP contribution < -0.4 is 5.32 Å². The van der Waals surface area contributed by atoms with Crippen LogP contribution in [0.4, 0.5) is 0 Å². The van der Waals surface area contributed by atoms with Gasteiger partial charge in [-0.1, -0.05) is 30.3 Å². The van der Waals surface area contributed by atoms with Crippen molar-refractivity contribution in [1.82, 2.24) is 15.3 Å². The number of nitrogens with zero attached hydrogens (tertiary/aromatic N) is 2. The highest BCUT2D eigenvalue weighted by Crippen LogP contribution is 1.98. The van der Waals surface area contributed by atoms with Gasteiger partial charge in [-0.2, -0.15) is 0 Å². The second kappa shape index (κ2) is 5.02. The highest BCUT2D eigenvalue weighted by atomic mass is 16.1.